The fourth-order valence-electron chi connectivity index (χ4n) is 4.37. The molecule has 4 aromatic rings. The summed E-state index contributed by atoms with van der Waals surface area (Å²) in [5, 5.41) is 3.75. The van der Waals surface area contributed by atoms with E-state index in [4.69, 9.17) is 9.47 Å². The number of aromatic nitrogens is 1. The van der Waals surface area contributed by atoms with Gasteiger partial charge in [-0.3, -0.25) is 14.2 Å². The molecular formula is C30H32N2O4. The number of fused-ring (bicyclic) bond motifs is 1. The molecule has 0 bridgehead atoms. The summed E-state index contributed by atoms with van der Waals surface area (Å²) >= 11 is 0. The number of pyridine rings is 1. The average molecular weight is 485 g/mol. The molecule has 0 radical (unpaired) electrons. The normalized spacial score (nSPS) is 10.9. The molecule has 6 nitrogen and oxygen atoms in total. The van der Waals surface area contributed by atoms with Crippen LogP contribution in [0, 0.1) is 6.92 Å². The zero-order valence-electron chi connectivity index (χ0n) is 21.3. The summed E-state index contributed by atoms with van der Waals surface area (Å²) in [7, 11) is 3.13. The first-order valence-electron chi connectivity index (χ1n) is 12.1. The maximum atomic E-state index is 13.6. The van der Waals surface area contributed by atoms with Crippen molar-refractivity contribution in [2.24, 2.45) is 0 Å². The van der Waals surface area contributed by atoms with Crippen LogP contribution in [0.5, 0.6) is 11.5 Å². The van der Waals surface area contributed by atoms with E-state index < -0.39 is 0 Å². The Hall–Kier alpha value is -4.06. The van der Waals surface area contributed by atoms with E-state index in [1.165, 1.54) is 15.7 Å². The van der Waals surface area contributed by atoms with Crippen LogP contribution in [0.15, 0.2) is 71.5 Å². The van der Waals surface area contributed by atoms with Crippen LogP contribution in [0.3, 0.4) is 0 Å². The number of nitrogens with one attached hydrogen (secondary N) is 1. The van der Waals surface area contributed by atoms with Crippen molar-refractivity contribution in [2.75, 3.05) is 19.5 Å². The van der Waals surface area contributed by atoms with Crippen LogP contribution in [-0.4, -0.2) is 24.7 Å². The maximum Gasteiger partial charge on any atom is 0.254 e. The summed E-state index contributed by atoms with van der Waals surface area (Å²) in [5.41, 5.74) is 5.23. The lowest BCUT2D eigenvalue weighted by Gasteiger charge is -2.16. The topological polar surface area (TPSA) is 69.6 Å². The Labute approximate surface area is 211 Å². The van der Waals surface area contributed by atoms with Gasteiger partial charge in [0.2, 0.25) is 5.91 Å². The Morgan fingerprint density at radius 3 is 2.22 bits per heavy atom. The van der Waals surface area contributed by atoms with Gasteiger partial charge in [-0.05, 0) is 61.1 Å². The van der Waals surface area contributed by atoms with Crippen LogP contribution in [0.1, 0.15) is 29.2 Å². The number of para-hydroxylation sites is 1. The monoisotopic (exact) mass is 484 g/mol. The molecule has 0 unspecified atom stereocenters. The number of hydrogen-bond acceptors (Lipinski definition) is 4. The molecule has 0 fully saturated rings. The number of hydrogen-bond donors (Lipinski definition) is 1. The number of ether oxygens (including phenoxy) is 2. The quantitative estimate of drug-likeness (QED) is 0.349. The first-order chi connectivity index (χ1) is 17.4. The van der Waals surface area contributed by atoms with Crippen molar-refractivity contribution < 1.29 is 14.3 Å². The molecule has 0 saturated carbocycles. The van der Waals surface area contributed by atoms with Crippen LogP contribution >= 0.6 is 0 Å². The van der Waals surface area contributed by atoms with Gasteiger partial charge in [0.05, 0.1) is 19.7 Å². The lowest BCUT2D eigenvalue weighted by atomic mass is 10.0. The standard InChI is InChI=1S/C30H32N2O4/c1-5-21-10-12-22(13-11-21)14-15-23-16-24-17-27(35-3)28(36-4)18-26(24)32(30(23)34)19-29(33)31-25-9-7-6-8-20(25)2/h6-13,16-18H,5,14-15,19H2,1-4H3,(H,31,33). The number of carbonyl (C=O) groups is 1. The Morgan fingerprint density at radius 1 is 0.889 bits per heavy atom. The molecule has 4 rings (SSSR count). The maximum absolute atomic E-state index is 13.6. The third kappa shape index (κ3) is 5.43. The highest BCUT2D eigenvalue weighted by Gasteiger charge is 2.16. The molecule has 6 heteroatoms. The van der Waals surface area contributed by atoms with E-state index in [-0.39, 0.29) is 18.0 Å². The largest absolute Gasteiger partial charge is 0.493 e. The van der Waals surface area contributed by atoms with Gasteiger partial charge in [-0.25, -0.2) is 0 Å². The van der Waals surface area contributed by atoms with Gasteiger partial charge < -0.3 is 14.8 Å². The van der Waals surface area contributed by atoms with Crippen molar-refractivity contribution in [1.82, 2.24) is 4.57 Å². The first-order valence-corrected chi connectivity index (χ1v) is 12.1. The van der Waals surface area contributed by atoms with Gasteiger partial charge in [0.1, 0.15) is 6.54 Å². The number of anilines is 1. The Balaban J connectivity index is 1.72. The van der Waals surface area contributed by atoms with Gasteiger partial charge >= 0.3 is 0 Å². The zero-order valence-corrected chi connectivity index (χ0v) is 21.3. The predicted molar refractivity (Wildman–Crippen MR) is 144 cm³/mol. The molecule has 0 spiro atoms. The molecule has 0 saturated heterocycles. The van der Waals surface area contributed by atoms with Crippen molar-refractivity contribution >= 4 is 22.5 Å². The van der Waals surface area contributed by atoms with Gasteiger partial charge in [-0.15, -0.1) is 0 Å². The van der Waals surface area contributed by atoms with Crippen molar-refractivity contribution in [3.63, 3.8) is 0 Å². The molecule has 0 aliphatic heterocycles. The Kier molecular flexibility index (Phi) is 7.74. The van der Waals surface area contributed by atoms with E-state index in [9.17, 15) is 9.59 Å². The van der Waals surface area contributed by atoms with Crippen molar-refractivity contribution in [3.05, 3.63) is 99.3 Å². The molecule has 3 aromatic carbocycles. The molecular weight excluding hydrogens is 452 g/mol. The molecule has 1 heterocycles. The average Bonchev–Trinajstić information content (AvgIpc) is 2.90. The molecule has 0 aliphatic carbocycles. The highest BCUT2D eigenvalue weighted by molar-refractivity contribution is 5.93. The predicted octanol–water partition coefficient (Wildman–Crippen LogP) is 5.31. The molecule has 36 heavy (non-hydrogen) atoms. The van der Waals surface area contributed by atoms with Crippen LogP contribution in [-0.2, 0) is 30.6 Å². The number of aryl methyl sites for hydroxylation is 4. The SMILES string of the molecule is CCc1ccc(CCc2cc3cc(OC)c(OC)cc3n(CC(=O)Nc3ccccc3C)c2=O)cc1. The first kappa shape index (κ1) is 25.0. The van der Waals surface area contributed by atoms with Crippen LogP contribution < -0.4 is 20.3 Å². The van der Waals surface area contributed by atoms with E-state index in [0.717, 1.165) is 29.5 Å². The van der Waals surface area contributed by atoms with Crippen LogP contribution in [0.25, 0.3) is 10.9 Å². The minimum Gasteiger partial charge on any atom is -0.493 e. The second-order valence-corrected chi connectivity index (χ2v) is 8.86. The Bertz CT molecular complexity index is 1440. The fraction of sp³-hybridized carbons (Fsp3) is 0.267. The van der Waals surface area contributed by atoms with Crippen LogP contribution in [0.4, 0.5) is 5.69 Å². The summed E-state index contributed by atoms with van der Waals surface area (Å²) in [6.07, 6.45) is 2.28. The van der Waals surface area contributed by atoms with Crippen molar-refractivity contribution in [2.45, 2.75) is 39.7 Å². The van der Waals surface area contributed by atoms with Gasteiger partial charge in [0.25, 0.3) is 5.56 Å². The molecule has 186 valence electrons. The zero-order chi connectivity index (χ0) is 25.7. The second kappa shape index (κ2) is 11.1. The number of rotatable bonds is 9. The van der Waals surface area contributed by atoms with E-state index in [2.05, 4.69) is 36.5 Å². The van der Waals surface area contributed by atoms with Gasteiger partial charge in [0, 0.05) is 22.7 Å². The van der Waals surface area contributed by atoms with Crippen molar-refractivity contribution in [3.8, 4) is 11.5 Å². The van der Waals surface area contributed by atoms with Gasteiger partial charge in [0.15, 0.2) is 11.5 Å². The lowest BCUT2D eigenvalue weighted by Crippen LogP contribution is -2.30. The van der Waals surface area contributed by atoms with Gasteiger partial charge in [-0.1, -0.05) is 49.4 Å². The number of carbonyl (C=O) groups excluding carboxylic acids is 1. The highest BCUT2D eigenvalue weighted by Crippen LogP contribution is 2.32. The smallest absolute Gasteiger partial charge is 0.254 e. The summed E-state index contributed by atoms with van der Waals surface area (Å²) in [5.74, 6) is 0.802. The van der Waals surface area contributed by atoms with Crippen LogP contribution in [0.2, 0.25) is 0 Å². The summed E-state index contributed by atoms with van der Waals surface area (Å²) in [6, 6.07) is 21.6. The summed E-state index contributed by atoms with van der Waals surface area (Å²) in [4.78, 5) is 26.7. The number of benzene rings is 3. The summed E-state index contributed by atoms with van der Waals surface area (Å²) < 4.78 is 12.5. The lowest BCUT2D eigenvalue weighted by molar-refractivity contribution is -0.116. The Morgan fingerprint density at radius 2 is 1.56 bits per heavy atom. The van der Waals surface area contributed by atoms with E-state index >= 15 is 0 Å². The number of nitrogens with zero attached hydrogens (tertiary/aromatic N) is 1. The second-order valence-electron chi connectivity index (χ2n) is 8.86. The molecule has 1 aromatic heterocycles. The van der Waals surface area contributed by atoms with E-state index in [1.54, 1.807) is 20.3 Å². The molecule has 1 N–H and O–H groups in total. The minimum atomic E-state index is -0.269. The molecule has 1 amide bonds. The highest BCUT2D eigenvalue weighted by atomic mass is 16.5. The van der Waals surface area contributed by atoms with Crippen molar-refractivity contribution in [1.29, 1.82) is 0 Å². The van der Waals surface area contributed by atoms with Gasteiger partial charge in [-0.2, -0.15) is 0 Å². The molecule has 0 atom stereocenters. The third-order valence-corrected chi connectivity index (χ3v) is 6.51. The van der Waals surface area contributed by atoms with E-state index in [0.29, 0.717) is 29.0 Å². The van der Waals surface area contributed by atoms with E-state index in [1.807, 2.05) is 43.3 Å². The fourth-order valence-corrected chi connectivity index (χ4v) is 4.37. The number of methoxy groups -OCH3 is 2. The molecule has 0 aliphatic rings. The third-order valence-electron chi connectivity index (χ3n) is 6.51. The summed E-state index contributed by atoms with van der Waals surface area (Å²) in [6.45, 7) is 3.95. The number of amides is 1. The minimum absolute atomic E-state index is 0.113.